The molecule has 0 atom stereocenters. The smallest absolute Gasteiger partial charge is 0.416 e. The maximum absolute atomic E-state index is 13.9. The van der Waals surface area contributed by atoms with Gasteiger partial charge in [-0.3, -0.25) is 4.79 Å². The fourth-order valence-corrected chi connectivity index (χ4v) is 2.54. The number of carbonyl (C=O) groups is 2. The third-order valence-electron chi connectivity index (χ3n) is 4.06. The van der Waals surface area contributed by atoms with Gasteiger partial charge in [0, 0.05) is 11.8 Å². The van der Waals surface area contributed by atoms with E-state index in [2.05, 4.69) is 5.32 Å². The molecule has 0 aliphatic carbocycles. The van der Waals surface area contributed by atoms with E-state index in [1.165, 1.54) is 24.3 Å². The summed E-state index contributed by atoms with van der Waals surface area (Å²) in [6.07, 6.45) is -4.76. The molecule has 2 N–H and O–H groups in total. The Morgan fingerprint density at radius 1 is 0.871 bits per heavy atom. The van der Waals surface area contributed by atoms with Crippen LogP contribution >= 0.6 is 0 Å². The number of carboxylic acid groups (broad SMARTS) is 1. The van der Waals surface area contributed by atoms with E-state index in [0.29, 0.717) is 18.2 Å². The molecule has 31 heavy (non-hydrogen) atoms. The second kappa shape index (κ2) is 8.42. The van der Waals surface area contributed by atoms with Gasteiger partial charge in [0.15, 0.2) is 11.6 Å². The quantitative estimate of drug-likeness (QED) is 0.500. The summed E-state index contributed by atoms with van der Waals surface area (Å²) in [5.41, 5.74) is -1.39. The van der Waals surface area contributed by atoms with Gasteiger partial charge in [0.05, 0.1) is 16.7 Å². The van der Waals surface area contributed by atoms with E-state index in [0.717, 1.165) is 18.2 Å². The molecule has 0 saturated heterocycles. The lowest BCUT2D eigenvalue weighted by Gasteiger charge is -2.15. The summed E-state index contributed by atoms with van der Waals surface area (Å²) in [4.78, 5) is 23.5. The van der Waals surface area contributed by atoms with Gasteiger partial charge in [-0.25, -0.2) is 13.6 Å². The fourth-order valence-electron chi connectivity index (χ4n) is 2.54. The Labute approximate surface area is 171 Å². The highest BCUT2D eigenvalue weighted by atomic mass is 19.4. The Kier molecular flexibility index (Phi) is 5.91. The number of halogens is 5. The van der Waals surface area contributed by atoms with Crippen LogP contribution in [0.4, 0.5) is 27.6 Å². The Morgan fingerprint density at radius 2 is 1.55 bits per heavy atom. The second-order valence-corrected chi connectivity index (χ2v) is 6.22. The minimum absolute atomic E-state index is 0.0386. The standard InChI is InChI=1S/C21H12F5NO4/c22-13-4-8-17(16(23)10-13)31-18-9-12(21(24,25)26)3-7-15(18)19(28)27-14-5-1-11(2-6-14)20(29)30/h1-10H,(H,27,28)(H,29,30). The van der Waals surface area contributed by atoms with Gasteiger partial charge in [-0.15, -0.1) is 0 Å². The van der Waals surface area contributed by atoms with Crippen molar-refractivity contribution in [1.29, 1.82) is 0 Å². The Bertz CT molecular complexity index is 1140. The molecule has 0 saturated carbocycles. The highest BCUT2D eigenvalue weighted by Crippen LogP contribution is 2.36. The van der Waals surface area contributed by atoms with E-state index in [-0.39, 0.29) is 16.8 Å². The van der Waals surface area contributed by atoms with E-state index >= 15 is 0 Å². The summed E-state index contributed by atoms with van der Waals surface area (Å²) in [6.45, 7) is 0. The van der Waals surface area contributed by atoms with E-state index in [1.54, 1.807) is 0 Å². The van der Waals surface area contributed by atoms with Gasteiger partial charge in [0.25, 0.3) is 5.91 Å². The SMILES string of the molecule is O=C(O)c1ccc(NC(=O)c2ccc(C(F)(F)F)cc2Oc2ccc(F)cc2F)cc1. The van der Waals surface area contributed by atoms with Gasteiger partial charge >= 0.3 is 12.1 Å². The number of alkyl halides is 3. The lowest BCUT2D eigenvalue weighted by atomic mass is 10.1. The molecular weight excluding hydrogens is 425 g/mol. The molecule has 0 heterocycles. The van der Waals surface area contributed by atoms with Crippen LogP contribution in [0.3, 0.4) is 0 Å². The van der Waals surface area contributed by atoms with Gasteiger partial charge < -0.3 is 15.2 Å². The van der Waals surface area contributed by atoms with Crippen molar-refractivity contribution in [3.8, 4) is 11.5 Å². The molecule has 0 bridgehead atoms. The van der Waals surface area contributed by atoms with E-state index < -0.39 is 46.7 Å². The van der Waals surface area contributed by atoms with Crippen molar-refractivity contribution in [2.75, 3.05) is 5.32 Å². The molecule has 0 radical (unpaired) electrons. The zero-order chi connectivity index (χ0) is 22.8. The van der Waals surface area contributed by atoms with Gasteiger partial charge in [0.2, 0.25) is 0 Å². The monoisotopic (exact) mass is 437 g/mol. The van der Waals surface area contributed by atoms with Crippen LogP contribution in [-0.2, 0) is 6.18 Å². The van der Waals surface area contributed by atoms with Crippen LogP contribution in [0.15, 0.2) is 60.7 Å². The first-order valence-electron chi connectivity index (χ1n) is 8.53. The van der Waals surface area contributed by atoms with Crippen molar-refractivity contribution in [2.24, 2.45) is 0 Å². The van der Waals surface area contributed by atoms with E-state index in [9.17, 15) is 31.5 Å². The number of nitrogens with one attached hydrogen (secondary N) is 1. The lowest BCUT2D eigenvalue weighted by molar-refractivity contribution is -0.137. The number of aromatic carboxylic acids is 1. The molecule has 5 nitrogen and oxygen atoms in total. The van der Waals surface area contributed by atoms with Crippen LogP contribution in [0, 0.1) is 11.6 Å². The molecule has 0 spiro atoms. The minimum atomic E-state index is -4.76. The van der Waals surface area contributed by atoms with Crippen molar-refractivity contribution >= 4 is 17.6 Å². The van der Waals surface area contributed by atoms with Crippen molar-refractivity contribution in [2.45, 2.75) is 6.18 Å². The normalized spacial score (nSPS) is 11.1. The first kappa shape index (κ1) is 21.8. The summed E-state index contributed by atoms with van der Waals surface area (Å²) < 4.78 is 71.4. The molecule has 160 valence electrons. The molecule has 1 amide bonds. The van der Waals surface area contributed by atoms with Crippen molar-refractivity contribution in [3.63, 3.8) is 0 Å². The highest BCUT2D eigenvalue weighted by Gasteiger charge is 2.32. The molecule has 0 aromatic heterocycles. The maximum Gasteiger partial charge on any atom is 0.416 e. The van der Waals surface area contributed by atoms with Gasteiger partial charge in [-0.1, -0.05) is 0 Å². The topological polar surface area (TPSA) is 75.6 Å². The number of ether oxygens (including phenoxy) is 1. The number of carbonyl (C=O) groups excluding carboxylic acids is 1. The predicted molar refractivity (Wildman–Crippen MR) is 99.2 cm³/mol. The first-order valence-corrected chi connectivity index (χ1v) is 8.53. The number of hydrogen-bond acceptors (Lipinski definition) is 3. The van der Waals surface area contributed by atoms with Gasteiger partial charge in [0.1, 0.15) is 11.6 Å². The van der Waals surface area contributed by atoms with Gasteiger partial charge in [-0.2, -0.15) is 13.2 Å². The van der Waals surface area contributed by atoms with Crippen LogP contribution in [0.5, 0.6) is 11.5 Å². The molecule has 0 unspecified atom stereocenters. The van der Waals surface area contributed by atoms with Crippen molar-refractivity contribution in [1.82, 2.24) is 0 Å². The number of carboxylic acids is 1. The zero-order valence-electron chi connectivity index (χ0n) is 15.3. The predicted octanol–water partition coefficient (Wildman–Crippen LogP) is 5.73. The second-order valence-electron chi connectivity index (χ2n) is 6.22. The van der Waals surface area contributed by atoms with E-state index in [4.69, 9.17) is 9.84 Å². The molecule has 0 aliphatic heterocycles. The Morgan fingerprint density at radius 3 is 2.13 bits per heavy atom. The molecular formula is C21H12F5NO4. The average molecular weight is 437 g/mol. The first-order chi connectivity index (χ1) is 14.5. The molecule has 0 fully saturated rings. The van der Waals surface area contributed by atoms with Crippen LogP contribution in [-0.4, -0.2) is 17.0 Å². The average Bonchev–Trinajstić information content (AvgIpc) is 2.69. The maximum atomic E-state index is 13.9. The summed E-state index contributed by atoms with van der Waals surface area (Å²) >= 11 is 0. The molecule has 3 rings (SSSR count). The number of rotatable bonds is 5. The van der Waals surface area contributed by atoms with Crippen molar-refractivity contribution < 1.29 is 41.4 Å². The Balaban J connectivity index is 1.95. The summed E-state index contributed by atoms with van der Waals surface area (Å²) in [5, 5.41) is 11.3. The summed E-state index contributed by atoms with van der Waals surface area (Å²) in [5.74, 6) is -5.36. The fraction of sp³-hybridized carbons (Fsp3) is 0.0476. The molecule has 3 aromatic rings. The van der Waals surface area contributed by atoms with Crippen LogP contribution in [0.25, 0.3) is 0 Å². The third kappa shape index (κ3) is 5.16. The summed E-state index contributed by atoms with van der Waals surface area (Å²) in [7, 11) is 0. The number of hydrogen-bond donors (Lipinski definition) is 2. The van der Waals surface area contributed by atoms with Crippen LogP contribution in [0.2, 0.25) is 0 Å². The Hall–Kier alpha value is -3.95. The molecule has 0 aliphatic rings. The summed E-state index contributed by atoms with van der Waals surface area (Å²) in [6, 6.07) is 9.21. The van der Waals surface area contributed by atoms with Crippen LogP contribution < -0.4 is 10.1 Å². The molecule has 3 aromatic carbocycles. The van der Waals surface area contributed by atoms with Gasteiger partial charge in [-0.05, 0) is 54.6 Å². The minimum Gasteiger partial charge on any atom is -0.478 e. The van der Waals surface area contributed by atoms with Crippen LogP contribution in [0.1, 0.15) is 26.3 Å². The van der Waals surface area contributed by atoms with Crippen molar-refractivity contribution in [3.05, 3.63) is 89.0 Å². The lowest BCUT2D eigenvalue weighted by Crippen LogP contribution is -2.14. The van der Waals surface area contributed by atoms with E-state index in [1.807, 2.05) is 0 Å². The highest BCUT2D eigenvalue weighted by molar-refractivity contribution is 6.06. The number of amides is 1. The zero-order valence-corrected chi connectivity index (χ0v) is 15.3. The third-order valence-corrected chi connectivity index (χ3v) is 4.06. The largest absolute Gasteiger partial charge is 0.478 e. The number of benzene rings is 3. The number of anilines is 1. The molecule has 10 heteroatoms.